The van der Waals surface area contributed by atoms with Crippen LogP contribution in [0, 0.1) is 11.3 Å². The van der Waals surface area contributed by atoms with E-state index in [4.69, 9.17) is 5.26 Å². The third-order valence-electron chi connectivity index (χ3n) is 2.55. The van der Waals surface area contributed by atoms with Crippen molar-refractivity contribution in [3.05, 3.63) is 30.0 Å². The first-order chi connectivity index (χ1) is 8.44. The summed E-state index contributed by atoms with van der Waals surface area (Å²) >= 11 is 0. The Kier molecular flexibility index (Phi) is 2.91. The number of fused-ring (bicyclic) bond motifs is 1. The standard InChI is InChI=1S/C12H9F3N2O/c1-2-17-7-8(6-16)10-4-3-9(5-11(10)17)18-12(13,14)15/h3-5,7H,2H2,1H3. The van der Waals surface area contributed by atoms with Crippen LogP contribution in [-0.2, 0) is 6.54 Å². The summed E-state index contributed by atoms with van der Waals surface area (Å²) in [6.45, 7) is 2.41. The molecule has 1 aromatic carbocycles. The maximum Gasteiger partial charge on any atom is 0.573 e. The van der Waals surface area contributed by atoms with Crippen LogP contribution in [0.1, 0.15) is 12.5 Å². The quantitative estimate of drug-likeness (QED) is 0.823. The lowest BCUT2D eigenvalue weighted by molar-refractivity contribution is -0.274. The lowest BCUT2D eigenvalue weighted by atomic mass is 10.2. The Bertz CT molecular complexity index is 623. The molecule has 0 N–H and O–H groups in total. The van der Waals surface area contributed by atoms with Crippen LogP contribution < -0.4 is 4.74 Å². The molecule has 0 aliphatic heterocycles. The average Bonchev–Trinajstić information content (AvgIpc) is 2.64. The van der Waals surface area contributed by atoms with E-state index in [2.05, 4.69) is 4.74 Å². The molecule has 0 bridgehead atoms. The predicted molar refractivity (Wildman–Crippen MR) is 59.0 cm³/mol. The number of nitrogens with zero attached hydrogens (tertiary/aromatic N) is 2. The maximum absolute atomic E-state index is 12.1. The molecule has 6 heteroatoms. The van der Waals surface area contributed by atoms with Crippen LogP contribution in [0.15, 0.2) is 24.4 Å². The second kappa shape index (κ2) is 4.26. The summed E-state index contributed by atoms with van der Waals surface area (Å²) in [6, 6.07) is 5.96. The third kappa shape index (κ3) is 2.25. The van der Waals surface area contributed by atoms with Gasteiger partial charge in [0.1, 0.15) is 11.8 Å². The molecule has 0 unspecified atom stereocenters. The molecule has 2 rings (SSSR count). The van der Waals surface area contributed by atoms with E-state index < -0.39 is 6.36 Å². The Morgan fingerprint density at radius 3 is 2.67 bits per heavy atom. The Labute approximate surface area is 101 Å². The molecular formula is C12H9F3N2O. The SMILES string of the molecule is CCn1cc(C#N)c2ccc(OC(F)(F)F)cc21. The van der Waals surface area contributed by atoms with Crippen LogP contribution in [0.2, 0.25) is 0 Å². The molecule has 0 saturated heterocycles. The van der Waals surface area contributed by atoms with Crippen molar-refractivity contribution in [2.24, 2.45) is 0 Å². The van der Waals surface area contributed by atoms with Gasteiger partial charge in [-0.25, -0.2) is 0 Å². The Morgan fingerprint density at radius 2 is 2.11 bits per heavy atom. The van der Waals surface area contributed by atoms with E-state index in [0.717, 1.165) is 0 Å². The van der Waals surface area contributed by atoms with Crippen LogP contribution in [0.3, 0.4) is 0 Å². The second-order valence-corrected chi connectivity index (χ2v) is 3.67. The summed E-state index contributed by atoms with van der Waals surface area (Å²) in [5.41, 5.74) is 0.987. The van der Waals surface area contributed by atoms with E-state index in [1.807, 2.05) is 13.0 Å². The lowest BCUT2D eigenvalue weighted by Crippen LogP contribution is -2.17. The molecule has 0 fully saturated rings. The summed E-state index contributed by atoms with van der Waals surface area (Å²) in [5.74, 6) is -0.285. The molecule has 3 nitrogen and oxygen atoms in total. The monoisotopic (exact) mass is 254 g/mol. The van der Waals surface area contributed by atoms with E-state index in [-0.39, 0.29) is 5.75 Å². The molecule has 0 aliphatic rings. The zero-order valence-electron chi connectivity index (χ0n) is 9.45. The van der Waals surface area contributed by atoms with Gasteiger partial charge >= 0.3 is 6.36 Å². The largest absolute Gasteiger partial charge is 0.573 e. The van der Waals surface area contributed by atoms with Crippen molar-refractivity contribution < 1.29 is 17.9 Å². The highest BCUT2D eigenvalue weighted by Crippen LogP contribution is 2.29. The molecule has 0 radical (unpaired) electrons. The van der Waals surface area contributed by atoms with Gasteiger partial charge in [-0.05, 0) is 19.1 Å². The van der Waals surface area contributed by atoms with Crippen molar-refractivity contribution >= 4 is 10.9 Å². The van der Waals surface area contributed by atoms with E-state index in [1.54, 1.807) is 10.8 Å². The highest BCUT2D eigenvalue weighted by Gasteiger charge is 2.31. The van der Waals surface area contributed by atoms with Gasteiger partial charge in [0.15, 0.2) is 0 Å². The first kappa shape index (κ1) is 12.3. The molecule has 94 valence electrons. The van der Waals surface area contributed by atoms with E-state index in [0.29, 0.717) is 23.0 Å². The van der Waals surface area contributed by atoms with E-state index in [1.165, 1.54) is 18.2 Å². The molecule has 1 heterocycles. The van der Waals surface area contributed by atoms with Gasteiger partial charge in [-0.3, -0.25) is 0 Å². The Balaban J connectivity index is 2.54. The van der Waals surface area contributed by atoms with Gasteiger partial charge in [0.2, 0.25) is 0 Å². The van der Waals surface area contributed by atoms with Crippen molar-refractivity contribution in [3.8, 4) is 11.8 Å². The molecule has 0 aliphatic carbocycles. The predicted octanol–water partition coefficient (Wildman–Crippen LogP) is 3.43. The van der Waals surface area contributed by atoms with Crippen LogP contribution >= 0.6 is 0 Å². The Morgan fingerprint density at radius 1 is 1.39 bits per heavy atom. The molecule has 1 aromatic heterocycles. The Hall–Kier alpha value is -2.16. The van der Waals surface area contributed by atoms with Crippen molar-refractivity contribution in [3.63, 3.8) is 0 Å². The second-order valence-electron chi connectivity index (χ2n) is 3.67. The zero-order valence-corrected chi connectivity index (χ0v) is 9.45. The molecule has 0 saturated carbocycles. The molecule has 18 heavy (non-hydrogen) atoms. The minimum absolute atomic E-state index is 0.285. The lowest BCUT2D eigenvalue weighted by Gasteiger charge is -2.09. The minimum atomic E-state index is -4.71. The third-order valence-corrected chi connectivity index (χ3v) is 2.55. The number of aromatic nitrogens is 1. The number of hydrogen-bond acceptors (Lipinski definition) is 2. The van der Waals surface area contributed by atoms with Gasteiger partial charge in [0, 0.05) is 24.2 Å². The highest BCUT2D eigenvalue weighted by atomic mass is 19.4. The van der Waals surface area contributed by atoms with Gasteiger partial charge in [0.05, 0.1) is 11.1 Å². The molecule has 0 atom stereocenters. The number of ether oxygens (including phenoxy) is 1. The molecule has 2 aromatic rings. The number of rotatable bonds is 2. The van der Waals surface area contributed by atoms with E-state index in [9.17, 15) is 13.2 Å². The number of alkyl halides is 3. The molecular weight excluding hydrogens is 245 g/mol. The van der Waals surface area contributed by atoms with Gasteiger partial charge in [0.25, 0.3) is 0 Å². The van der Waals surface area contributed by atoms with Crippen molar-refractivity contribution in [2.75, 3.05) is 0 Å². The minimum Gasteiger partial charge on any atom is -0.406 e. The van der Waals surface area contributed by atoms with Gasteiger partial charge < -0.3 is 9.30 Å². The maximum atomic E-state index is 12.1. The first-order valence-electron chi connectivity index (χ1n) is 5.23. The van der Waals surface area contributed by atoms with E-state index >= 15 is 0 Å². The van der Waals surface area contributed by atoms with Crippen LogP contribution in [0.4, 0.5) is 13.2 Å². The number of halogens is 3. The summed E-state index contributed by atoms with van der Waals surface area (Å²) < 4.78 is 41.9. The number of benzene rings is 1. The summed E-state index contributed by atoms with van der Waals surface area (Å²) in [4.78, 5) is 0. The van der Waals surface area contributed by atoms with Crippen molar-refractivity contribution in [1.82, 2.24) is 4.57 Å². The summed E-state index contributed by atoms with van der Waals surface area (Å²) in [7, 11) is 0. The van der Waals surface area contributed by atoms with Crippen LogP contribution in [0.25, 0.3) is 10.9 Å². The fourth-order valence-corrected chi connectivity index (χ4v) is 1.82. The highest BCUT2D eigenvalue weighted by molar-refractivity contribution is 5.87. The zero-order chi connectivity index (χ0) is 13.3. The number of hydrogen-bond donors (Lipinski definition) is 0. The first-order valence-corrected chi connectivity index (χ1v) is 5.23. The molecule has 0 amide bonds. The van der Waals surface area contributed by atoms with Crippen molar-refractivity contribution in [2.45, 2.75) is 19.8 Å². The van der Waals surface area contributed by atoms with Crippen LogP contribution in [0.5, 0.6) is 5.75 Å². The normalized spacial score (nSPS) is 11.5. The van der Waals surface area contributed by atoms with Crippen molar-refractivity contribution in [1.29, 1.82) is 5.26 Å². The van der Waals surface area contributed by atoms with Crippen LogP contribution in [-0.4, -0.2) is 10.9 Å². The smallest absolute Gasteiger partial charge is 0.406 e. The fourth-order valence-electron chi connectivity index (χ4n) is 1.82. The topological polar surface area (TPSA) is 38.0 Å². The van der Waals surface area contributed by atoms with Gasteiger partial charge in [-0.2, -0.15) is 5.26 Å². The molecule has 0 spiro atoms. The summed E-state index contributed by atoms with van der Waals surface area (Å²) in [6.07, 6.45) is -3.10. The average molecular weight is 254 g/mol. The van der Waals surface area contributed by atoms with Gasteiger partial charge in [-0.1, -0.05) is 0 Å². The number of aryl methyl sites for hydroxylation is 1. The summed E-state index contributed by atoms with van der Waals surface area (Å²) in [5, 5.41) is 9.54. The van der Waals surface area contributed by atoms with Gasteiger partial charge in [-0.15, -0.1) is 13.2 Å². The number of nitriles is 1. The fraction of sp³-hybridized carbons (Fsp3) is 0.250.